The predicted octanol–water partition coefficient (Wildman–Crippen LogP) is 3.53. The fraction of sp³-hybridized carbons (Fsp3) is 0.588. The van der Waals surface area contributed by atoms with Gasteiger partial charge in [-0.1, -0.05) is 27.2 Å². The third kappa shape index (κ3) is 6.67. The highest BCUT2D eigenvalue weighted by Gasteiger charge is 2.21. The van der Waals surface area contributed by atoms with Crippen LogP contribution in [0, 0.1) is 0 Å². The van der Waals surface area contributed by atoms with Crippen molar-refractivity contribution in [3.8, 4) is 5.75 Å². The second-order valence-electron chi connectivity index (χ2n) is 5.48. The zero-order chi connectivity index (χ0) is 15.7. The van der Waals surface area contributed by atoms with Crippen molar-refractivity contribution >= 4 is 18.3 Å². The van der Waals surface area contributed by atoms with Gasteiger partial charge in [-0.2, -0.15) is 0 Å². The van der Waals surface area contributed by atoms with Gasteiger partial charge in [0.05, 0.1) is 6.61 Å². The van der Waals surface area contributed by atoms with E-state index in [9.17, 15) is 4.79 Å². The molecule has 0 radical (unpaired) electrons. The van der Waals surface area contributed by atoms with Crippen LogP contribution < -0.4 is 15.8 Å². The fourth-order valence-corrected chi connectivity index (χ4v) is 1.90. The number of nitrogens with two attached hydrogens (primary N) is 1. The Morgan fingerprint density at radius 1 is 1.18 bits per heavy atom. The second kappa shape index (κ2) is 10.5. The SMILES string of the molecule is CCCCOc1ccc(C(=O)NCC(N)(CC)CC)cc1.Cl. The van der Waals surface area contributed by atoms with E-state index in [4.69, 9.17) is 10.5 Å². The largest absolute Gasteiger partial charge is 0.494 e. The first-order valence-electron chi connectivity index (χ1n) is 7.84. The van der Waals surface area contributed by atoms with Gasteiger partial charge in [-0.15, -0.1) is 12.4 Å². The van der Waals surface area contributed by atoms with Gasteiger partial charge in [-0.25, -0.2) is 0 Å². The molecule has 0 aliphatic rings. The van der Waals surface area contributed by atoms with Gasteiger partial charge in [-0.3, -0.25) is 4.79 Å². The molecule has 0 unspecified atom stereocenters. The zero-order valence-corrected chi connectivity index (χ0v) is 14.7. The molecule has 0 aliphatic carbocycles. The third-order valence-corrected chi connectivity index (χ3v) is 3.89. The highest BCUT2D eigenvalue weighted by molar-refractivity contribution is 5.94. The van der Waals surface area contributed by atoms with Crippen LogP contribution >= 0.6 is 12.4 Å². The van der Waals surface area contributed by atoms with Crippen molar-refractivity contribution in [1.82, 2.24) is 5.32 Å². The van der Waals surface area contributed by atoms with Crippen molar-refractivity contribution in [1.29, 1.82) is 0 Å². The van der Waals surface area contributed by atoms with Crippen LogP contribution in [0.15, 0.2) is 24.3 Å². The van der Waals surface area contributed by atoms with Crippen molar-refractivity contribution in [3.63, 3.8) is 0 Å². The van der Waals surface area contributed by atoms with Crippen LogP contribution in [0.3, 0.4) is 0 Å². The van der Waals surface area contributed by atoms with E-state index < -0.39 is 0 Å². The lowest BCUT2D eigenvalue weighted by Crippen LogP contribution is -2.49. The minimum atomic E-state index is -0.321. The number of halogens is 1. The average Bonchev–Trinajstić information content (AvgIpc) is 2.53. The van der Waals surface area contributed by atoms with E-state index in [-0.39, 0.29) is 23.9 Å². The zero-order valence-electron chi connectivity index (χ0n) is 13.9. The van der Waals surface area contributed by atoms with Crippen LogP contribution in [-0.2, 0) is 0 Å². The fourth-order valence-electron chi connectivity index (χ4n) is 1.90. The molecule has 0 heterocycles. The molecule has 0 fully saturated rings. The molecule has 3 N–H and O–H groups in total. The molecule has 0 atom stereocenters. The van der Waals surface area contributed by atoms with E-state index in [1.165, 1.54) is 0 Å². The Morgan fingerprint density at radius 2 is 1.77 bits per heavy atom. The summed E-state index contributed by atoms with van der Waals surface area (Å²) >= 11 is 0. The minimum absolute atomic E-state index is 0. The van der Waals surface area contributed by atoms with Crippen LogP contribution in [0.4, 0.5) is 0 Å². The van der Waals surface area contributed by atoms with Crippen molar-refractivity contribution in [2.24, 2.45) is 5.73 Å². The van der Waals surface area contributed by atoms with Gasteiger partial charge < -0.3 is 15.8 Å². The molecule has 0 aliphatic heterocycles. The molecule has 1 aromatic carbocycles. The topological polar surface area (TPSA) is 64.3 Å². The Kier molecular flexibility index (Phi) is 9.86. The third-order valence-electron chi connectivity index (χ3n) is 3.89. The summed E-state index contributed by atoms with van der Waals surface area (Å²) in [5.74, 6) is 0.710. The van der Waals surface area contributed by atoms with E-state index in [2.05, 4.69) is 12.2 Å². The Balaban J connectivity index is 0.00000441. The maximum atomic E-state index is 12.1. The van der Waals surface area contributed by atoms with E-state index in [1.807, 2.05) is 26.0 Å². The quantitative estimate of drug-likeness (QED) is 0.681. The summed E-state index contributed by atoms with van der Waals surface area (Å²) in [6.07, 6.45) is 3.83. The number of amides is 1. The number of unbranched alkanes of at least 4 members (excludes halogenated alkanes) is 1. The van der Waals surface area contributed by atoms with Gasteiger partial charge >= 0.3 is 0 Å². The average molecular weight is 329 g/mol. The number of ether oxygens (including phenoxy) is 1. The van der Waals surface area contributed by atoms with Gasteiger partial charge in [0.1, 0.15) is 5.75 Å². The first kappa shape index (κ1) is 20.7. The lowest BCUT2D eigenvalue weighted by atomic mass is 9.94. The van der Waals surface area contributed by atoms with Crippen LogP contribution in [0.25, 0.3) is 0 Å². The molecule has 0 saturated carbocycles. The number of rotatable bonds is 9. The van der Waals surface area contributed by atoms with E-state index in [1.54, 1.807) is 12.1 Å². The van der Waals surface area contributed by atoms with Gasteiger partial charge in [0.2, 0.25) is 0 Å². The molecule has 1 amide bonds. The maximum Gasteiger partial charge on any atom is 0.251 e. The number of hydrogen-bond donors (Lipinski definition) is 2. The summed E-state index contributed by atoms with van der Waals surface area (Å²) in [5, 5.41) is 2.91. The molecule has 126 valence electrons. The molecule has 0 aromatic heterocycles. The predicted molar refractivity (Wildman–Crippen MR) is 93.9 cm³/mol. The first-order valence-corrected chi connectivity index (χ1v) is 7.84. The molecule has 0 saturated heterocycles. The van der Waals surface area contributed by atoms with Gasteiger partial charge in [0.25, 0.3) is 5.91 Å². The van der Waals surface area contributed by atoms with E-state index >= 15 is 0 Å². The summed E-state index contributed by atoms with van der Waals surface area (Å²) in [5.41, 5.74) is 6.49. The summed E-state index contributed by atoms with van der Waals surface area (Å²) in [4.78, 5) is 12.1. The molecular formula is C17H29ClN2O2. The normalized spacial score (nSPS) is 10.7. The molecule has 1 aromatic rings. The molecule has 0 bridgehead atoms. The summed E-state index contributed by atoms with van der Waals surface area (Å²) in [6.45, 7) is 7.41. The first-order chi connectivity index (χ1) is 10.0. The lowest BCUT2D eigenvalue weighted by Gasteiger charge is -2.26. The number of carbonyl (C=O) groups excluding carboxylic acids is 1. The van der Waals surface area contributed by atoms with Crippen molar-refractivity contribution < 1.29 is 9.53 Å². The van der Waals surface area contributed by atoms with Gasteiger partial charge in [0.15, 0.2) is 0 Å². The van der Waals surface area contributed by atoms with Gasteiger partial charge in [0, 0.05) is 17.6 Å². The lowest BCUT2D eigenvalue weighted by molar-refractivity contribution is 0.0942. The standard InChI is InChI=1S/C17H28N2O2.ClH/c1-4-7-12-21-15-10-8-14(9-11-15)16(20)19-13-17(18,5-2)6-3;/h8-11H,4-7,12-13,18H2,1-3H3,(H,19,20);1H. The summed E-state index contributed by atoms with van der Waals surface area (Å²) in [7, 11) is 0. The van der Waals surface area contributed by atoms with Crippen LogP contribution in [-0.4, -0.2) is 24.6 Å². The number of carbonyl (C=O) groups is 1. The Morgan fingerprint density at radius 3 is 2.27 bits per heavy atom. The Bertz CT molecular complexity index is 431. The Labute approximate surface area is 140 Å². The molecule has 22 heavy (non-hydrogen) atoms. The summed E-state index contributed by atoms with van der Waals surface area (Å²) in [6, 6.07) is 7.24. The minimum Gasteiger partial charge on any atom is -0.494 e. The highest BCUT2D eigenvalue weighted by Crippen LogP contribution is 2.14. The van der Waals surface area contributed by atoms with Crippen LogP contribution in [0.2, 0.25) is 0 Å². The maximum absolute atomic E-state index is 12.1. The smallest absolute Gasteiger partial charge is 0.251 e. The van der Waals surface area contributed by atoms with Crippen LogP contribution in [0.5, 0.6) is 5.75 Å². The monoisotopic (exact) mass is 328 g/mol. The van der Waals surface area contributed by atoms with E-state index in [0.717, 1.165) is 31.4 Å². The number of hydrogen-bond acceptors (Lipinski definition) is 3. The number of benzene rings is 1. The van der Waals surface area contributed by atoms with Crippen molar-refractivity contribution in [3.05, 3.63) is 29.8 Å². The number of nitrogens with one attached hydrogen (secondary N) is 1. The molecule has 1 rings (SSSR count). The Hall–Kier alpha value is -1.26. The van der Waals surface area contributed by atoms with Gasteiger partial charge in [-0.05, 0) is 43.5 Å². The van der Waals surface area contributed by atoms with Crippen molar-refractivity contribution in [2.75, 3.05) is 13.2 Å². The molecule has 0 spiro atoms. The highest BCUT2D eigenvalue weighted by atomic mass is 35.5. The summed E-state index contributed by atoms with van der Waals surface area (Å²) < 4.78 is 5.58. The molecular weight excluding hydrogens is 300 g/mol. The molecule has 4 nitrogen and oxygen atoms in total. The van der Waals surface area contributed by atoms with Crippen molar-refractivity contribution in [2.45, 2.75) is 52.0 Å². The van der Waals surface area contributed by atoms with E-state index in [0.29, 0.717) is 18.7 Å². The van der Waals surface area contributed by atoms with Crippen LogP contribution in [0.1, 0.15) is 56.8 Å². The molecule has 5 heteroatoms. The second-order valence-corrected chi connectivity index (χ2v) is 5.48.